The van der Waals surface area contributed by atoms with Gasteiger partial charge in [0.2, 0.25) is 0 Å². The van der Waals surface area contributed by atoms with Gasteiger partial charge >= 0.3 is 6.85 Å². The predicted molar refractivity (Wildman–Crippen MR) is 228 cm³/mol. The molecule has 3 nitrogen and oxygen atoms in total. The molecule has 0 unspecified atom stereocenters. The lowest BCUT2D eigenvalue weighted by atomic mass is 9.42. The van der Waals surface area contributed by atoms with Crippen LogP contribution >= 0.6 is 0 Å². The summed E-state index contributed by atoms with van der Waals surface area (Å²) < 4.78 is 6.68. The summed E-state index contributed by atoms with van der Waals surface area (Å²) in [6.07, 6.45) is 3.41. The van der Waals surface area contributed by atoms with Crippen molar-refractivity contribution in [2.75, 3.05) is 9.71 Å². The molecule has 0 amide bonds. The third kappa shape index (κ3) is 4.31. The fraction of sp³-hybridized carbons (Fsp3) is 0.160. The van der Waals surface area contributed by atoms with Crippen molar-refractivity contribution in [2.45, 2.75) is 52.4 Å². The second-order valence-electron chi connectivity index (χ2n) is 16.0. The molecule has 54 heavy (non-hydrogen) atoms. The van der Waals surface area contributed by atoms with E-state index in [4.69, 9.17) is 4.42 Å². The molecule has 0 spiro atoms. The fourth-order valence-electron chi connectivity index (χ4n) is 9.91. The molecule has 0 saturated heterocycles. The maximum atomic E-state index is 6.68. The van der Waals surface area contributed by atoms with E-state index in [2.05, 4.69) is 177 Å². The number of hydrogen-bond donors (Lipinski definition) is 0. The number of rotatable bonds is 5. The van der Waals surface area contributed by atoms with Crippen molar-refractivity contribution >= 4 is 68.1 Å². The van der Waals surface area contributed by atoms with Crippen LogP contribution < -0.4 is 20.6 Å². The Morgan fingerprint density at radius 3 is 2.28 bits per heavy atom. The maximum absolute atomic E-state index is 6.68. The first-order valence-electron chi connectivity index (χ1n) is 19.5. The van der Waals surface area contributed by atoms with Gasteiger partial charge in [0, 0.05) is 56.1 Å². The van der Waals surface area contributed by atoms with Crippen LogP contribution in [-0.2, 0) is 11.8 Å². The summed E-state index contributed by atoms with van der Waals surface area (Å²) in [6.45, 7) is 9.27. The van der Waals surface area contributed by atoms with Crippen molar-refractivity contribution in [3.63, 3.8) is 0 Å². The van der Waals surface area contributed by atoms with Gasteiger partial charge in [0.1, 0.15) is 11.2 Å². The minimum Gasteiger partial charge on any atom is -0.456 e. The van der Waals surface area contributed by atoms with Gasteiger partial charge in [-0.3, -0.25) is 0 Å². The van der Waals surface area contributed by atoms with Crippen molar-refractivity contribution in [1.29, 1.82) is 0 Å². The standard InChI is InChI=1S/C50H41BN2O/c1-5-6-15-32-24-25-42(36(28-32)33-16-8-7-9-17-33)52-44-30-47-37(34-18-10-13-23-46(34)54-47)29-41(44)51-48-38(26-31(2)27-45(48)52)35-19-14-21-40-49(35)53(51)43-22-12-11-20-39(43)50(40,3)4/h7-14,16-30H,5-6,15H2,1-4H3. The number of unbranched alkanes of at least 4 members (excludes halogenated alkanes) is 1. The predicted octanol–water partition coefficient (Wildman–Crippen LogP) is 12.3. The van der Waals surface area contributed by atoms with Crippen LogP contribution in [0.2, 0.25) is 0 Å². The van der Waals surface area contributed by atoms with Crippen molar-refractivity contribution < 1.29 is 4.42 Å². The average molecular weight is 697 g/mol. The monoisotopic (exact) mass is 696 g/mol. The number of aryl methyl sites for hydroxylation is 2. The summed E-state index contributed by atoms with van der Waals surface area (Å²) in [7, 11) is 0. The Morgan fingerprint density at radius 2 is 1.41 bits per heavy atom. The molecule has 260 valence electrons. The van der Waals surface area contributed by atoms with E-state index in [1.165, 1.54) is 91.0 Å². The first kappa shape index (κ1) is 31.5. The van der Waals surface area contributed by atoms with Crippen LogP contribution in [-0.4, -0.2) is 6.85 Å². The Hall–Kier alpha value is -6.00. The highest BCUT2D eigenvalue weighted by Gasteiger charge is 2.50. The van der Waals surface area contributed by atoms with Gasteiger partial charge in [-0.2, -0.15) is 0 Å². The quantitative estimate of drug-likeness (QED) is 0.167. The minimum absolute atomic E-state index is 0.0465. The van der Waals surface area contributed by atoms with E-state index in [0.29, 0.717) is 0 Å². The molecule has 4 heterocycles. The normalized spacial score (nSPS) is 14.6. The molecular formula is C50H41BN2O. The van der Waals surface area contributed by atoms with E-state index in [9.17, 15) is 0 Å². The van der Waals surface area contributed by atoms with Gasteiger partial charge in [0.05, 0.1) is 5.69 Å². The molecule has 11 rings (SSSR count). The Balaban J connectivity index is 1.28. The van der Waals surface area contributed by atoms with Crippen LogP contribution in [0.4, 0.5) is 28.4 Å². The van der Waals surface area contributed by atoms with Crippen LogP contribution in [0, 0.1) is 6.92 Å². The highest BCUT2D eigenvalue weighted by Crippen LogP contribution is 2.56. The van der Waals surface area contributed by atoms with Gasteiger partial charge in [0.25, 0.3) is 0 Å². The van der Waals surface area contributed by atoms with Crippen molar-refractivity contribution in [2.24, 2.45) is 0 Å². The molecule has 4 heteroatoms. The highest BCUT2D eigenvalue weighted by molar-refractivity contribution is 6.94. The molecule has 8 aromatic rings. The second-order valence-corrected chi connectivity index (χ2v) is 16.0. The summed E-state index contributed by atoms with van der Waals surface area (Å²) in [5, 5.41) is 2.31. The summed E-state index contributed by atoms with van der Waals surface area (Å²) in [5.41, 5.74) is 21.0. The smallest absolute Gasteiger partial charge is 0.333 e. The minimum atomic E-state index is -0.152. The van der Waals surface area contributed by atoms with Gasteiger partial charge in [-0.05, 0) is 94.4 Å². The van der Waals surface area contributed by atoms with Crippen LogP contribution in [0.3, 0.4) is 0 Å². The van der Waals surface area contributed by atoms with Gasteiger partial charge in [-0.1, -0.05) is 130 Å². The first-order valence-corrected chi connectivity index (χ1v) is 19.5. The van der Waals surface area contributed by atoms with Gasteiger partial charge in [-0.25, -0.2) is 0 Å². The molecule has 0 aliphatic carbocycles. The van der Waals surface area contributed by atoms with Gasteiger partial charge in [-0.15, -0.1) is 0 Å². The molecule has 0 atom stereocenters. The summed E-state index contributed by atoms with van der Waals surface area (Å²) in [4.78, 5) is 5.24. The number of anilines is 5. The maximum Gasteiger partial charge on any atom is 0.333 e. The fourth-order valence-corrected chi connectivity index (χ4v) is 9.91. The lowest BCUT2D eigenvalue weighted by molar-refractivity contribution is 0.634. The van der Waals surface area contributed by atoms with E-state index in [-0.39, 0.29) is 12.3 Å². The van der Waals surface area contributed by atoms with E-state index in [1.54, 1.807) is 0 Å². The van der Waals surface area contributed by atoms with E-state index >= 15 is 0 Å². The van der Waals surface area contributed by atoms with Crippen molar-refractivity contribution in [3.05, 3.63) is 162 Å². The zero-order valence-electron chi connectivity index (χ0n) is 31.3. The molecule has 0 fully saturated rings. The summed E-state index contributed by atoms with van der Waals surface area (Å²) >= 11 is 0. The molecule has 3 aliphatic rings. The summed E-state index contributed by atoms with van der Waals surface area (Å²) in [5.74, 6) is 0. The number of furan rings is 1. The zero-order valence-corrected chi connectivity index (χ0v) is 31.3. The molecule has 0 N–H and O–H groups in total. The number of fused-ring (bicyclic) bond motifs is 9. The third-order valence-corrected chi connectivity index (χ3v) is 12.4. The average Bonchev–Trinajstić information content (AvgIpc) is 3.56. The van der Waals surface area contributed by atoms with Crippen LogP contribution in [0.15, 0.2) is 144 Å². The van der Waals surface area contributed by atoms with Crippen molar-refractivity contribution in [1.82, 2.24) is 0 Å². The lowest BCUT2D eigenvalue weighted by Gasteiger charge is -2.51. The third-order valence-electron chi connectivity index (χ3n) is 12.4. The molecule has 7 aromatic carbocycles. The van der Waals surface area contributed by atoms with Crippen LogP contribution in [0.1, 0.15) is 55.9 Å². The Morgan fingerprint density at radius 1 is 0.611 bits per heavy atom. The SMILES string of the molecule is CCCCc1ccc(N2c3cc4oc5ccccc5c4cc3B3c4c(cc(C)cc42)-c2cccc4c2N3c2ccccc2C4(C)C)c(-c2ccccc2)c1. The van der Waals surface area contributed by atoms with E-state index in [1.807, 2.05) is 0 Å². The Labute approximate surface area is 317 Å². The molecule has 0 saturated carbocycles. The Kier molecular flexibility index (Phi) is 6.71. The van der Waals surface area contributed by atoms with E-state index < -0.39 is 0 Å². The number of nitrogens with zero attached hydrogens (tertiary/aromatic N) is 2. The number of hydrogen-bond acceptors (Lipinski definition) is 3. The number of benzene rings is 7. The highest BCUT2D eigenvalue weighted by atomic mass is 16.3. The molecule has 0 bridgehead atoms. The summed E-state index contributed by atoms with van der Waals surface area (Å²) in [6, 6.07) is 52.3. The Bertz CT molecular complexity index is 2830. The van der Waals surface area contributed by atoms with E-state index in [0.717, 1.165) is 34.0 Å². The molecule has 3 aliphatic heterocycles. The zero-order chi connectivity index (χ0) is 36.3. The first-order chi connectivity index (χ1) is 26.4. The second kappa shape index (κ2) is 11.5. The van der Waals surface area contributed by atoms with Crippen molar-refractivity contribution in [3.8, 4) is 22.3 Å². The van der Waals surface area contributed by atoms with Crippen LogP contribution in [0.25, 0.3) is 44.2 Å². The van der Waals surface area contributed by atoms with Gasteiger partial charge in [0.15, 0.2) is 0 Å². The number of para-hydroxylation sites is 3. The lowest BCUT2D eigenvalue weighted by Crippen LogP contribution is -2.63. The topological polar surface area (TPSA) is 19.6 Å². The molecule has 0 radical (unpaired) electrons. The largest absolute Gasteiger partial charge is 0.456 e. The van der Waals surface area contributed by atoms with Gasteiger partial charge < -0.3 is 14.1 Å². The molecular weight excluding hydrogens is 655 g/mol. The van der Waals surface area contributed by atoms with Crippen LogP contribution in [0.5, 0.6) is 0 Å². The molecule has 1 aromatic heterocycles.